The summed E-state index contributed by atoms with van der Waals surface area (Å²) >= 11 is 0. The molecule has 2 heterocycles. The molecule has 0 fully saturated rings. The van der Waals surface area contributed by atoms with Crippen LogP contribution < -0.4 is 5.73 Å². The molecule has 3 aromatic rings. The second-order valence-electron chi connectivity index (χ2n) is 6.23. The molecule has 0 bridgehead atoms. The number of hydrogen-bond acceptors (Lipinski definition) is 4. The van der Waals surface area contributed by atoms with E-state index in [0.29, 0.717) is 22.5 Å². The van der Waals surface area contributed by atoms with E-state index in [1.807, 2.05) is 6.07 Å². The zero-order chi connectivity index (χ0) is 19.3. The van der Waals surface area contributed by atoms with Crippen LogP contribution in [0.1, 0.15) is 26.4 Å². The number of carboxylic acids is 1. The molecule has 1 aromatic heterocycles. The number of hydrogen-bond donors (Lipinski definition) is 2. The summed E-state index contributed by atoms with van der Waals surface area (Å²) in [6.45, 7) is 3.79. The zero-order valence-corrected chi connectivity index (χ0v) is 14.9. The molecular weight excluding hydrogens is 365 g/mol. The van der Waals surface area contributed by atoms with Crippen molar-refractivity contribution >= 4 is 28.0 Å². The van der Waals surface area contributed by atoms with E-state index in [2.05, 4.69) is 11.8 Å². The molecule has 2 aromatic carbocycles. The van der Waals surface area contributed by atoms with E-state index >= 15 is 0 Å². The summed E-state index contributed by atoms with van der Waals surface area (Å²) in [7, 11) is -2.97. The van der Waals surface area contributed by atoms with Crippen LogP contribution in [0.2, 0.25) is 0 Å². The molecular formula is C18H14BN3O4S. The van der Waals surface area contributed by atoms with Crippen molar-refractivity contribution < 1.29 is 18.9 Å². The fourth-order valence-corrected chi connectivity index (χ4v) is 5.43. The minimum absolute atomic E-state index is 0.121. The van der Waals surface area contributed by atoms with Gasteiger partial charge in [-0.25, -0.2) is 0 Å². The van der Waals surface area contributed by atoms with Gasteiger partial charge in [-0.05, 0) is 0 Å². The molecule has 1 atom stereocenters. The van der Waals surface area contributed by atoms with Gasteiger partial charge in [0.2, 0.25) is 0 Å². The molecule has 0 saturated carbocycles. The summed E-state index contributed by atoms with van der Waals surface area (Å²) in [6.07, 6.45) is 0. The average molecular weight is 379 g/mol. The maximum absolute atomic E-state index is 13.3. The monoisotopic (exact) mass is 379 g/mol. The van der Waals surface area contributed by atoms with Crippen LogP contribution in [0, 0.1) is 0 Å². The standard InChI is InChI=1S/C18H14BN3O4S/c19-27(26)9-13-14(18(24)25)21-22(10-5-2-1-3-6-10)15(13)11-7-4-8-12(16(11)27)17(20)23/h1-8,19H,9H2,(H2,20,23)(H,24,25). The van der Waals surface area contributed by atoms with E-state index in [0.717, 1.165) is 0 Å². The van der Waals surface area contributed by atoms with Gasteiger partial charge in [0.05, 0.1) is 0 Å². The first kappa shape index (κ1) is 17.2. The maximum atomic E-state index is 13.3. The summed E-state index contributed by atoms with van der Waals surface area (Å²) in [4.78, 5) is 23.9. The van der Waals surface area contributed by atoms with E-state index in [1.165, 1.54) is 10.7 Å². The predicted molar refractivity (Wildman–Crippen MR) is 102 cm³/mol. The molecule has 1 unspecified atom stereocenters. The first-order valence-electron chi connectivity index (χ1n) is 8.00. The van der Waals surface area contributed by atoms with Gasteiger partial charge < -0.3 is 0 Å². The number of benzene rings is 2. The van der Waals surface area contributed by atoms with E-state index in [1.54, 1.807) is 36.4 Å². The molecule has 134 valence electrons. The van der Waals surface area contributed by atoms with E-state index in [4.69, 9.17) is 5.73 Å². The molecule has 9 heteroatoms. The zero-order valence-electron chi connectivity index (χ0n) is 14.1. The topological polar surface area (TPSA) is 115 Å². The van der Waals surface area contributed by atoms with Gasteiger partial charge in [-0.2, -0.15) is 0 Å². The van der Waals surface area contributed by atoms with Crippen molar-refractivity contribution in [3.63, 3.8) is 0 Å². The van der Waals surface area contributed by atoms with Crippen LogP contribution in [0.15, 0.2) is 53.4 Å². The SMILES string of the molecule is B=S1(=O)Cc2c(C(=O)O)nn(-c3ccccc3)c2-c2cccc(C(N)=O)c21. The summed E-state index contributed by atoms with van der Waals surface area (Å²) in [6, 6.07) is 13.8. The number of fused-ring (bicyclic) bond motifs is 3. The van der Waals surface area contributed by atoms with Gasteiger partial charge >= 0.3 is 155 Å². The number of nitrogens with zero attached hydrogens (tertiary/aromatic N) is 2. The van der Waals surface area contributed by atoms with Crippen LogP contribution in [0.25, 0.3) is 16.9 Å². The third kappa shape index (κ3) is 2.58. The van der Waals surface area contributed by atoms with Crippen LogP contribution in [0.4, 0.5) is 0 Å². The fourth-order valence-electron chi connectivity index (χ4n) is 3.42. The number of amides is 1. The number of para-hydroxylation sites is 1. The molecule has 3 N–H and O–H groups in total. The van der Waals surface area contributed by atoms with Gasteiger partial charge in [0.15, 0.2) is 0 Å². The minimum atomic E-state index is -2.97. The Bertz CT molecular complexity index is 1220. The summed E-state index contributed by atoms with van der Waals surface area (Å²) < 4.78 is 14.8. The predicted octanol–water partition coefficient (Wildman–Crippen LogP) is 1.31. The van der Waals surface area contributed by atoms with Crippen LogP contribution in [0.5, 0.6) is 0 Å². The van der Waals surface area contributed by atoms with Gasteiger partial charge in [-0.3, -0.25) is 0 Å². The molecule has 1 aliphatic heterocycles. The summed E-state index contributed by atoms with van der Waals surface area (Å²) in [5.74, 6) is -2.06. The normalized spacial score (nSPS) is 17.7. The summed E-state index contributed by atoms with van der Waals surface area (Å²) in [5.41, 5.74) is 7.34. The Kier molecular flexibility index (Phi) is 3.78. The summed E-state index contributed by atoms with van der Waals surface area (Å²) in [5, 5.41) is 13.8. The Labute approximate surface area is 155 Å². The molecule has 1 aliphatic rings. The van der Waals surface area contributed by atoms with Crippen LogP contribution in [-0.4, -0.2) is 37.7 Å². The molecule has 27 heavy (non-hydrogen) atoms. The molecule has 1 amide bonds. The Morgan fingerprint density at radius 3 is 2.48 bits per heavy atom. The number of carboxylic acid groups (broad SMARTS) is 1. The van der Waals surface area contributed by atoms with Gasteiger partial charge in [0.25, 0.3) is 0 Å². The van der Waals surface area contributed by atoms with Crippen molar-refractivity contribution in [3.8, 4) is 16.9 Å². The average Bonchev–Trinajstić information content (AvgIpc) is 3.00. The quantitative estimate of drug-likeness (QED) is 0.666. The van der Waals surface area contributed by atoms with Gasteiger partial charge in [0.1, 0.15) is 0 Å². The van der Waals surface area contributed by atoms with Crippen LogP contribution >= 0.6 is 0 Å². The number of nitrogens with two attached hydrogens (primary N) is 1. The number of carbonyl (C=O) groups excluding carboxylic acids is 1. The van der Waals surface area contributed by atoms with Crippen molar-refractivity contribution in [3.05, 3.63) is 65.4 Å². The Morgan fingerprint density at radius 2 is 1.85 bits per heavy atom. The molecule has 0 saturated heterocycles. The van der Waals surface area contributed by atoms with Crippen LogP contribution in [-0.2, 0) is 15.1 Å². The number of rotatable bonds is 3. The second-order valence-corrected chi connectivity index (χ2v) is 8.55. The Morgan fingerprint density at radius 1 is 1.15 bits per heavy atom. The van der Waals surface area contributed by atoms with E-state index in [9.17, 15) is 18.9 Å². The Hall–Kier alpha value is -3.20. The number of aromatic nitrogens is 2. The molecule has 0 spiro atoms. The fraction of sp³-hybridized carbons (Fsp3) is 0.0556. The third-order valence-electron chi connectivity index (χ3n) is 4.47. The van der Waals surface area contributed by atoms with Gasteiger partial charge in [-0.1, -0.05) is 0 Å². The van der Waals surface area contributed by atoms with Gasteiger partial charge in [0, 0.05) is 0 Å². The molecule has 0 aliphatic carbocycles. The molecule has 0 radical (unpaired) electrons. The van der Waals surface area contributed by atoms with Crippen molar-refractivity contribution in [1.29, 1.82) is 0 Å². The van der Waals surface area contributed by atoms with Gasteiger partial charge in [-0.15, -0.1) is 0 Å². The first-order valence-corrected chi connectivity index (χ1v) is 9.89. The number of aromatic carboxylic acids is 1. The third-order valence-corrected chi connectivity index (χ3v) is 6.41. The van der Waals surface area contributed by atoms with Crippen LogP contribution in [0.3, 0.4) is 0 Å². The van der Waals surface area contributed by atoms with E-state index < -0.39 is 21.2 Å². The number of primary amides is 1. The number of carbonyl (C=O) groups is 2. The molecule has 7 nitrogen and oxygen atoms in total. The van der Waals surface area contributed by atoms with Crippen molar-refractivity contribution in [2.45, 2.75) is 10.6 Å². The molecule has 4 rings (SSSR count). The van der Waals surface area contributed by atoms with Crippen molar-refractivity contribution in [2.24, 2.45) is 5.73 Å². The van der Waals surface area contributed by atoms with Crippen molar-refractivity contribution in [2.75, 3.05) is 0 Å². The van der Waals surface area contributed by atoms with Crippen molar-refractivity contribution in [1.82, 2.24) is 9.78 Å². The first-order chi connectivity index (χ1) is 12.8. The van der Waals surface area contributed by atoms with E-state index in [-0.39, 0.29) is 21.9 Å². The Balaban J connectivity index is 2.15. The second kappa shape index (κ2) is 5.92.